The van der Waals surface area contributed by atoms with Gasteiger partial charge in [0.25, 0.3) is 5.91 Å². The highest BCUT2D eigenvalue weighted by atomic mass is 16.5. The van der Waals surface area contributed by atoms with E-state index in [9.17, 15) is 4.79 Å². The summed E-state index contributed by atoms with van der Waals surface area (Å²) in [6.45, 7) is 0.619. The smallest absolute Gasteiger partial charge is 0.254 e. The van der Waals surface area contributed by atoms with Gasteiger partial charge in [0.05, 0.1) is 18.4 Å². The largest absolute Gasteiger partial charge is 0.497 e. The van der Waals surface area contributed by atoms with Crippen LogP contribution in [0.3, 0.4) is 0 Å². The summed E-state index contributed by atoms with van der Waals surface area (Å²) in [6.07, 6.45) is 5.51. The van der Waals surface area contributed by atoms with Crippen LogP contribution in [0.5, 0.6) is 5.75 Å². The van der Waals surface area contributed by atoms with Crippen molar-refractivity contribution in [1.29, 1.82) is 5.41 Å². The number of methoxy groups -OCH3 is 1. The molecule has 5 heteroatoms. The van der Waals surface area contributed by atoms with Gasteiger partial charge in [-0.1, -0.05) is 30.3 Å². The molecule has 4 N–H and O–H groups in total. The van der Waals surface area contributed by atoms with Gasteiger partial charge < -0.3 is 21.2 Å². The molecule has 0 spiro atoms. The molecular formula is C24H29N3O2. The van der Waals surface area contributed by atoms with Gasteiger partial charge in [-0.25, -0.2) is 0 Å². The highest BCUT2D eigenvalue weighted by Gasteiger charge is 2.23. The van der Waals surface area contributed by atoms with E-state index in [0.29, 0.717) is 35.4 Å². The summed E-state index contributed by atoms with van der Waals surface area (Å²) in [4.78, 5) is 12.6. The van der Waals surface area contributed by atoms with Crippen LogP contribution >= 0.6 is 0 Å². The van der Waals surface area contributed by atoms with Crippen LogP contribution in [-0.4, -0.2) is 25.8 Å². The maximum Gasteiger partial charge on any atom is 0.254 e. The fourth-order valence-corrected chi connectivity index (χ4v) is 3.95. The van der Waals surface area contributed by atoms with Gasteiger partial charge >= 0.3 is 0 Å². The number of hydrogen-bond acceptors (Lipinski definition) is 4. The summed E-state index contributed by atoms with van der Waals surface area (Å²) >= 11 is 0. The molecule has 2 aromatic rings. The first kappa shape index (κ1) is 20.6. The number of hydrogen-bond donors (Lipinski definition) is 3. The Morgan fingerprint density at radius 1 is 1.10 bits per heavy atom. The van der Waals surface area contributed by atoms with Crippen LogP contribution in [0.1, 0.15) is 42.7 Å². The van der Waals surface area contributed by atoms with Crippen molar-refractivity contribution < 1.29 is 9.53 Å². The van der Waals surface area contributed by atoms with Crippen molar-refractivity contribution in [2.24, 2.45) is 11.7 Å². The number of nitrogens with two attached hydrogens (primary N) is 1. The van der Waals surface area contributed by atoms with E-state index in [1.165, 1.54) is 5.56 Å². The first-order valence-electron chi connectivity index (χ1n) is 10.1. The molecular weight excluding hydrogens is 362 g/mol. The second-order valence-electron chi connectivity index (χ2n) is 7.54. The van der Waals surface area contributed by atoms with Crippen molar-refractivity contribution in [3.63, 3.8) is 0 Å². The maximum atomic E-state index is 12.6. The summed E-state index contributed by atoms with van der Waals surface area (Å²) in [5, 5.41) is 10.6. The van der Waals surface area contributed by atoms with Crippen LogP contribution in [0.25, 0.3) is 5.70 Å². The molecule has 3 rings (SSSR count). The summed E-state index contributed by atoms with van der Waals surface area (Å²) in [5.74, 6) is 1.51. The van der Waals surface area contributed by atoms with E-state index in [1.54, 1.807) is 31.4 Å². The van der Waals surface area contributed by atoms with E-state index in [1.807, 2.05) is 0 Å². The molecule has 0 unspecified atom stereocenters. The zero-order valence-electron chi connectivity index (χ0n) is 16.9. The molecule has 1 aliphatic rings. The molecule has 152 valence electrons. The highest BCUT2D eigenvalue weighted by molar-refractivity contribution is 6.17. The third-order valence-electron chi connectivity index (χ3n) is 5.75. The van der Waals surface area contributed by atoms with Crippen LogP contribution in [0.2, 0.25) is 0 Å². The van der Waals surface area contributed by atoms with Crippen LogP contribution < -0.4 is 15.8 Å². The van der Waals surface area contributed by atoms with E-state index < -0.39 is 0 Å². The van der Waals surface area contributed by atoms with Crippen LogP contribution in [0.4, 0.5) is 0 Å². The number of carbonyl (C=O) groups is 1. The number of carbonyl (C=O) groups excluding carboxylic acids is 1. The molecule has 0 saturated heterocycles. The van der Waals surface area contributed by atoms with Crippen LogP contribution in [-0.2, 0) is 4.79 Å². The Balaban J connectivity index is 1.55. The van der Waals surface area contributed by atoms with Crippen LogP contribution in [0.15, 0.2) is 60.2 Å². The van der Waals surface area contributed by atoms with E-state index >= 15 is 0 Å². The zero-order valence-corrected chi connectivity index (χ0v) is 16.9. The summed E-state index contributed by atoms with van der Waals surface area (Å²) in [5.41, 5.74) is 8.76. The zero-order chi connectivity index (χ0) is 20.6. The topological polar surface area (TPSA) is 88.2 Å². The molecule has 1 saturated carbocycles. The van der Waals surface area contributed by atoms with Gasteiger partial charge in [0.1, 0.15) is 5.75 Å². The van der Waals surface area contributed by atoms with E-state index in [0.717, 1.165) is 31.9 Å². The molecule has 1 amide bonds. The SMILES string of the molecule is COc1ccc(/C(N)=C(/C=N)C(=O)NCC2CCC(c3ccccc3)CC2)cc1. The van der Waals surface area contributed by atoms with Crippen molar-refractivity contribution in [3.05, 3.63) is 71.3 Å². The average molecular weight is 392 g/mol. The molecule has 0 atom stereocenters. The molecule has 0 aromatic heterocycles. The maximum absolute atomic E-state index is 12.6. The fraction of sp³-hybridized carbons (Fsp3) is 0.333. The van der Waals surface area contributed by atoms with Crippen LogP contribution in [0, 0.1) is 11.3 Å². The lowest BCUT2D eigenvalue weighted by Crippen LogP contribution is -2.33. The van der Waals surface area contributed by atoms with Gasteiger partial charge in [0, 0.05) is 12.8 Å². The number of amides is 1. The number of nitrogens with one attached hydrogen (secondary N) is 2. The van der Waals surface area contributed by atoms with Crippen molar-refractivity contribution >= 4 is 17.8 Å². The summed E-state index contributed by atoms with van der Waals surface area (Å²) in [6, 6.07) is 17.8. The molecule has 29 heavy (non-hydrogen) atoms. The van der Waals surface area contributed by atoms with Crippen molar-refractivity contribution in [2.45, 2.75) is 31.6 Å². The quantitative estimate of drug-likeness (QED) is 0.490. The normalized spacial score (nSPS) is 19.8. The Morgan fingerprint density at radius 3 is 2.34 bits per heavy atom. The monoisotopic (exact) mass is 391 g/mol. The van der Waals surface area contributed by atoms with Gasteiger partial charge in [-0.3, -0.25) is 4.79 Å². The molecule has 2 aromatic carbocycles. The van der Waals surface area contributed by atoms with Crippen molar-refractivity contribution in [2.75, 3.05) is 13.7 Å². The second kappa shape index (κ2) is 9.92. The molecule has 1 aliphatic carbocycles. The average Bonchev–Trinajstić information content (AvgIpc) is 2.79. The Morgan fingerprint density at radius 2 is 1.76 bits per heavy atom. The van der Waals surface area contributed by atoms with Crippen molar-refractivity contribution in [1.82, 2.24) is 5.32 Å². The van der Waals surface area contributed by atoms with Gasteiger partial charge in [0.2, 0.25) is 0 Å². The molecule has 0 aliphatic heterocycles. The van der Waals surface area contributed by atoms with Gasteiger partial charge in [-0.15, -0.1) is 0 Å². The highest BCUT2D eigenvalue weighted by Crippen LogP contribution is 2.35. The second-order valence-corrected chi connectivity index (χ2v) is 7.54. The number of ether oxygens (including phenoxy) is 1. The van der Waals surface area contributed by atoms with Gasteiger partial charge in [-0.05, 0) is 72.9 Å². The lowest BCUT2D eigenvalue weighted by molar-refractivity contribution is -0.117. The molecule has 5 nitrogen and oxygen atoms in total. The van der Waals surface area contributed by atoms with E-state index in [4.69, 9.17) is 15.9 Å². The minimum Gasteiger partial charge on any atom is -0.497 e. The van der Waals surface area contributed by atoms with Crippen molar-refractivity contribution in [3.8, 4) is 5.75 Å². The minimum absolute atomic E-state index is 0.188. The number of benzene rings is 2. The Hall–Kier alpha value is -3.08. The summed E-state index contributed by atoms with van der Waals surface area (Å²) < 4.78 is 5.14. The summed E-state index contributed by atoms with van der Waals surface area (Å²) in [7, 11) is 1.60. The Kier molecular flexibility index (Phi) is 7.06. The van der Waals surface area contributed by atoms with Gasteiger partial charge in [0.15, 0.2) is 0 Å². The minimum atomic E-state index is -0.293. The molecule has 0 bridgehead atoms. The third-order valence-corrected chi connectivity index (χ3v) is 5.75. The first-order chi connectivity index (χ1) is 14.1. The van der Waals surface area contributed by atoms with E-state index in [-0.39, 0.29) is 11.5 Å². The number of rotatable bonds is 7. The lowest BCUT2D eigenvalue weighted by atomic mass is 9.78. The third kappa shape index (κ3) is 5.25. The lowest BCUT2D eigenvalue weighted by Gasteiger charge is -2.29. The standard InChI is InChI=1S/C24H29N3O2/c1-29-21-13-11-20(12-14-21)23(26)22(15-25)24(28)27-16-17-7-9-19(10-8-17)18-5-3-2-4-6-18/h2-6,11-15,17,19,25H,7-10,16,26H2,1H3,(H,27,28)/b23-22+,25-15?. The predicted octanol–water partition coefficient (Wildman–Crippen LogP) is 4.10. The Bertz CT molecular complexity index is 851. The Labute approximate surface area is 172 Å². The van der Waals surface area contributed by atoms with E-state index in [2.05, 4.69) is 35.6 Å². The van der Waals surface area contributed by atoms with Gasteiger partial charge in [-0.2, -0.15) is 0 Å². The molecule has 1 fully saturated rings. The fourth-order valence-electron chi connectivity index (χ4n) is 3.95. The predicted molar refractivity (Wildman–Crippen MR) is 117 cm³/mol. The molecule has 0 heterocycles. The first-order valence-corrected chi connectivity index (χ1v) is 10.1. The molecule has 0 radical (unpaired) electrons.